The summed E-state index contributed by atoms with van der Waals surface area (Å²) >= 11 is 0. The van der Waals surface area contributed by atoms with E-state index in [4.69, 9.17) is 10.2 Å². The van der Waals surface area contributed by atoms with Gasteiger partial charge in [-0.1, -0.05) is 50.7 Å². The number of carboxylic acids is 2. The Labute approximate surface area is 255 Å². The molecule has 1 amide bonds. The van der Waals surface area contributed by atoms with Crippen LogP contribution in [-0.4, -0.2) is 104 Å². The first kappa shape index (κ1) is 39.7. The lowest BCUT2D eigenvalue weighted by Gasteiger charge is -2.27. The number of nitrogens with one attached hydrogen (secondary N) is 1. The van der Waals surface area contributed by atoms with Crippen LogP contribution in [-0.2, 0) is 19.2 Å². The molecule has 0 aromatic heterocycles. The van der Waals surface area contributed by atoms with Crippen LogP contribution in [0.2, 0.25) is 0 Å². The number of unbranched alkanes of at least 4 members (excludes halogenated alkanes) is 11. The van der Waals surface area contributed by atoms with Crippen LogP contribution in [0.5, 0.6) is 0 Å². The van der Waals surface area contributed by atoms with E-state index in [0.717, 1.165) is 77.3 Å². The van der Waals surface area contributed by atoms with Crippen LogP contribution >= 0.6 is 0 Å². The van der Waals surface area contributed by atoms with Crippen LogP contribution in [0.25, 0.3) is 0 Å². The molecule has 0 rings (SSSR count). The summed E-state index contributed by atoms with van der Waals surface area (Å²) in [4.78, 5) is 45.7. The summed E-state index contributed by atoms with van der Waals surface area (Å²) < 4.78 is 0.885. The molecule has 0 atom stereocenters. The number of hydrogen-bond acceptors (Lipinski definition) is 4. The van der Waals surface area contributed by atoms with Crippen LogP contribution in [0.3, 0.4) is 0 Å². The van der Waals surface area contributed by atoms with Gasteiger partial charge < -0.3 is 24.5 Å². The van der Waals surface area contributed by atoms with Gasteiger partial charge in [0.1, 0.15) is 5.78 Å². The molecule has 0 fully saturated rings. The van der Waals surface area contributed by atoms with E-state index in [-0.39, 0.29) is 19.0 Å². The average molecular weight is 598 g/mol. The number of nitrogens with zero attached hydrogens (tertiary/aromatic N) is 2. The molecule has 0 aliphatic rings. The summed E-state index contributed by atoms with van der Waals surface area (Å²) in [7, 11) is 7.62. The Morgan fingerprint density at radius 3 is 1.45 bits per heavy atom. The molecular weight excluding hydrogens is 534 g/mol. The Hall–Kier alpha value is -2.26. The van der Waals surface area contributed by atoms with Crippen LogP contribution in [0, 0.1) is 0 Å². The first-order valence-electron chi connectivity index (χ1n) is 16.3. The lowest BCUT2D eigenvalue weighted by molar-refractivity contribution is -0.883. The second-order valence-corrected chi connectivity index (χ2v) is 13.2. The maximum atomic E-state index is 12.1. The van der Waals surface area contributed by atoms with Crippen LogP contribution < -0.4 is 5.32 Å². The molecule has 42 heavy (non-hydrogen) atoms. The van der Waals surface area contributed by atoms with Gasteiger partial charge >= 0.3 is 11.9 Å². The van der Waals surface area contributed by atoms with E-state index in [1.807, 2.05) is 28.2 Å². The van der Waals surface area contributed by atoms with Crippen molar-refractivity contribution < 1.29 is 38.4 Å². The third kappa shape index (κ3) is 27.9. The van der Waals surface area contributed by atoms with Gasteiger partial charge in [0.25, 0.3) is 0 Å². The normalized spacial score (nSPS) is 12.1. The Balaban J connectivity index is 3.47. The molecular formula is C33H63N3O6+2. The molecule has 9 nitrogen and oxygen atoms in total. The SMILES string of the molecule is C[N+](C)(CCCCC(=O)CCCCCCC/C=C/CCCCCCCC(=O)NCCC[N+](C)(C)CC(=O)O)CC(=O)O. The number of amides is 1. The van der Waals surface area contributed by atoms with Gasteiger partial charge in [-0.25, -0.2) is 9.59 Å². The number of aliphatic carboxylic acids is 2. The summed E-state index contributed by atoms with van der Waals surface area (Å²) in [5, 5.41) is 20.8. The van der Waals surface area contributed by atoms with Crippen molar-refractivity contribution >= 4 is 23.6 Å². The summed E-state index contributed by atoms with van der Waals surface area (Å²) in [5.41, 5.74) is 0. The van der Waals surface area contributed by atoms with Gasteiger partial charge in [-0.2, -0.15) is 0 Å². The zero-order valence-corrected chi connectivity index (χ0v) is 27.3. The van der Waals surface area contributed by atoms with E-state index in [1.165, 1.54) is 32.1 Å². The molecule has 0 heterocycles. The number of carbonyl (C=O) groups is 4. The lowest BCUT2D eigenvalue weighted by atomic mass is 10.0. The second-order valence-electron chi connectivity index (χ2n) is 13.2. The first-order chi connectivity index (χ1) is 19.8. The molecule has 0 spiro atoms. The molecule has 9 heteroatoms. The lowest BCUT2D eigenvalue weighted by Crippen LogP contribution is -2.45. The molecule has 0 aliphatic heterocycles. The smallest absolute Gasteiger partial charge is 0.359 e. The maximum absolute atomic E-state index is 12.1. The number of hydrogen-bond donors (Lipinski definition) is 3. The van der Waals surface area contributed by atoms with Crippen molar-refractivity contribution in [1.29, 1.82) is 0 Å². The molecule has 0 aromatic carbocycles. The minimum absolute atomic E-state index is 0.0945. The molecule has 0 saturated heterocycles. The number of carbonyl (C=O) groups excluding carboxylic acids is 2. The van der Waals surface area contributed by atoms with Gasteiger partial charge in [0.2, 0.25) is 5.91 Å². The predicted octanol–water partition coefficient (Wildman–Crippen LogP) is 5.57. The molecule has 0 bridgehead atoms. The fourth-order valence-electron chi connectivity index (χ4n) is 5.13. The summed E-state index contributed by atoms with van der Waals surface area (Å²) in [6, 6.07) is 0. The van der Waals surface area contributed by atoms with Gasteiger partial charge in [0.15, 0.2) is 13.1 Å². The molecule has 244 valence electrons. The van der Waals surface area contributed by atoms with Crippen molar-refractivity contribution in [2.24, 2.45) is 0 Å². The van der Waals surface area contributed by atoms with Crippen LogP contribution in [0.15, 0.2) is 12.2 Å². The molecule has 0 aromatic rings. The van der Waals surface area contributed by atoms with Crippen molar-refractivity contribution in [3.05, 3.63) is 12.2 Å². The van der Waals surface area contributed by atoms with E-state index in [0.29, 0.717) is 40.6 Å². The van der Waals surface area contributed by atoms with E-state index in [1.54, 1.807) is 0 Å². The fourth-order valence-corrected chi connectivity index (χ4v) is 5.13. The molecule has 0 unspecified atom stereocenters. The van der Waals surface area contributed by atoms with Gasteiger partial charge in [0, 0.05) is 32.2 Å². The quantitative estimate of drug-likeness (QED) is 0.0589. The molecule has 0 saturated carbocycles. The summed E-state index contributed by atoms with van der Waals surface area (Å²) in [6.45, 7) is 2.34. The van der Waals surface area contributed by atoms with Gasteiger partial charge in [-0.15, -0.1) is 0 Å². The van der Waals surface area contributed by atoms with Crippen molar-refractivity contribution in [2.45, 2.75) is 116 Å². The fraction of sp³-hybridized carbons (Fsp3) is 0.818. The molecule has 0 radical (unpaired) electrons. The van der Waals surface area contributed by atoms with Gasteiger partial charge in [-0.3, -0.25) is 9.59 Å². The third-order valence-electron chi connectivity index (χ3n) is 7.63. The Morgan fingerprint density at radius 2 is 0.952 bits per heavy atom. The van der Waals surface area contributed by atoms with Crippen molar-refractivity contribution in [3.63, 3.8) is 0 Å². The van der Waals surface area contributed by atoms with E-state index in [9.17, 15) is 19.2 Å². The highest BCUT2D eigenvalue weighted by Gasteiger charge is 2.19. The van der Waals surface area contributed by atoms with Crippen molar-refractivity contribution in [1.82, 2.24) is 5.32 Å². The number of Topliss-reactive ketones (excluding diaryl/α,β-unsaturated/α-hetero) is 1. The second kappa shape index (κ2) is 24.2. The number of allylic oxidation sites excluding steroid dienone is 2. The van der Waals surface area contributed by atoms with Crippen molar-refractivity contribution in [3.8, 4) is 0 Å². The largest absolute Gasteiger partial charge is 0.477 e. The van der Waals surface area contributed by atoms with Crippen LogP contribution in [0.1, 0.15) is 116 Å². The van der Waals surface area contributed by atoms with Gasteiger partial charge in [-0.05, 0) is 51.4 Å². The maximum Gasteiger partial charge on any atom is 0.359 e. The molecule has 3 N–H and O–H groups in total. The number of rotatable bonds is 29. The highest BCUT2D eigenvalue weighted by molar-refractivity contribution is 5.78. The predicted molar refractivity (Wildman–Crippen MR) is 169 cm³/mol. The Morgan fingerprint density at radius 1 is 0.548 bits per heavy atom. The number of carboxylic acid groups (broad SMARTS) is 2. The third-order valence-corrected chi connectivity index (χ3v) is 7.63. The van der Waals surface area contributed by atoms with Gasteiger partial charge in [0.05, 0.1) is 41.3 Å². The van der Waals surface area contributed by atoms with E-state index < -0.39 is 11.9 Å². The highest BCUT2D eigenvalue weighted by atomic mass is 16.4. The summed E-state index contributed by atoms with van der Waals surface area (Å²) in [5.74, 6) is -1.14. The summed E-state index contributed by atoms with van der Waals surface area (Å²) in [6.07, 6.45) is 22.5. The standard InChI is InChI=1S/C33H61N3O6/c1-35(2,28-32(39)40)26-20-19-23-30(37)22-17-15-13-11-9-7-5-6-8-10-12-14-16-18-24-31(38)34-25-21-27-36(3,4)29-33(41)42/h5-6H,7-29H2,1-4H3,(H-2,34,38,39,40,41,42)/p+2/b6-5+. The van der Waals surface area contributed by atoms with Crippen molar-refractivity contribution in [2.75, 3.05) is 60.9 Å². The number of ketones is 1. The average Bonchev–Trinajstić information content (AvgIpc) is 2.87. The monoisotopic (exact) mass is 597 g/mol. The van der Waals surface area contributed by atoms with E-state index >= 15 is 0 Å². The highest BCUT2D eigenvalue weighted by Crippen LogP contribution is 2.12. The topological polar surface area (TPSA) is 121 Å². The molecule has 0 aliphatic carbocycles. The minimum Gasteiger partial charge on any atom is -0.477 e. The Kier molecular flexibility index (Phi) is 22.9. The first-order valence-corrected chi connectivity index (χ1v) is 16.3. The number of quaternary nitrogens is 2. The zero-order chi connectivity index (χ0) is 31.7. The Bertz CT molecular complexity index is 731. The zero-order valence-electron chi connectivity index (χ0n) is 27.3. The number of likely N-dealkylation sites (N-methyl/N-ethyl adjacent to an activating group) is 2. The van der Waals surface area contributed by atoms with Crippen LogP contribution in [0.4, 0.5) is 0 Å². The van der Waals surface area contributed by atoms with E-state index in [2.05, 4.69) is 17.5 Å². The minimum atomic E-state index is -0.800.